The van der Waals surface area contributed by atoms with Crippen molar-refractivity contribution in [2.75, 3.05) is 33.4 Å². The fourth-order valence-corrected chi connectivity index (χ4v) is 3.20. The summed E-state index contributed by atoms with van der Waals surface area (Å²) in [5.74, 6) is 6.39. The van der Waals surface area contributed by atoms with Crippen molar-refractivity contribution in [3.05, 3.63) is 71.3 Å². The molecule has 0 atom stereocenters. The smallest absolute Gasteiger partial charge is 0.253 e. The van der Waals surface area contributed by atoms with Crippen molar-refractivity contribution in [2.24, 2.45) is 0 Å². The van der Waals surface area contributed by atoms with E-state index in [4.69, 9.17) is 4.74 Å². The molecule has 0 spiro atoms. The van der Waals surface area contributed by atoms with Gasteiger partial charge < -0.3 is 15.0 Å². The molecule has 0 aliphatic carbocycles. The first-order chi connectivity index (χ1) is 14.3. The van der Waals surface area contributed by atoms with Gasteiger partial charge in [-0.1, -0.05) is 43.9 Å². The number of hydrogen-bond donors (Lipinski definition) is 1. The van der Waals surface area contributed by atoms with Gasteiger partial charge in [0.1, 0.15) is 0 Å². The molecular formula is C25H32N2O2. The van der Waals surface area contributed by atoms with Crippen molar-refractivity contribution in [3.63, 3.8) is 0 Å². The SMILES string of the molecule is CC.COCCNC1CCN(C(=O)c2ccc(C#Cc3ccccc3)cc2)CC1. The quantitative estimate of drug-likeness (QED) is 0.619. The number of methoxy groups -OCH3 is 1. The lowest BCUT2D eigenvalue weighted by molar-refractivity contribution is 0.0702. The standard InChI is InChI=1S/C23H26N2O2.C2H6/c1-27-18-15-24-22-13-16-25(17-14-22)23(26)21-11-9-20(10-12-21)8-7-19-5-3-2-4-6-19;1-2/h2-6,9-12,22,24H,13-18H2,1H3;1-2H3. The molecule has 3 rings (SSSR count). The Morgan fingerprint density at radius 1 is 1.00 bits per heavy atom. The van der Waals surface area contributed by atoms with Crippen molar-refractivity contribution < 1.29 is 9.53 Å². The summed E-state index contributed by atoms with van der Waals surface area (Å²) in [5.41, 5.74) is 2.63. The summed E-state index contributed by atoms with van der Waals surface area (Å²) in [6.45, 7) is 7.16. The number of carbonyl (C=O) groups is 1. The maximum absolute atomic E-state index is 12.7. The average Bonchev–Trinajstić information content (AvgIpc) is 2.80. The lowest BCUT2D eigenvalue weighted by atomic mass is 10.0. The highest BCUT2D eigenvalue weighted by Gasteiger charge is 2.23. The number of nitrogens with zero attached hydrogens (tertiary/aromatic N) is 1. The van der Waals surface area contributed by atoms with Crippen LogP contribution in [0.4, 0.5) is 0 Å². The molecule has 1 aliphatic heterocycles. The molecule has 4 heteroatoms. The molecule has 1 amide bonds. The van der Waals surface area contributed by atoms with E-state index in [9.17, 15) is 4.79 Å². The second-order valence-electron chi connectivity index (χ2n) is 6.71. The molecule has 1 heterocycles. The van der Waals surface area contributed by atoms with Crippen LogP contribution in [0.25, 0.3) is 0 Å². The molecule has 2 aromatic rings. The van der Waals surface area contributed by atoms with E-state index in [-0.39, 0.29) is 5.91 Å². The number of hydrogen-bond acceptors (Lipinski definition) is 3. The third-order valence-corrected chi connectivity index (χ3v) is 4.78. The first-order valence-electron chi connectivity index (χ1n) is 10.4. The Morgan fingerprint density at radius 2 is 1.59 bits per heavy atom. The minimum absolute atomic E-state index is 0.105. The Bertz CT molecular complexity index is 783. The Kier molecular flexibility index (Phi) is 9.99. The van der Waals surface area contributed by atoms with E-state index in [2.05, 4.69) is 17.2 Å². The zero-order chi connectivity index (χ0) is 20.9. The molecule has 4 nitrogen and oxygen atoms in total. The van der Waals surface area contributed by atoms with Crippen LogP contribution in [0.2, 0.25) is 0 Å². The summed E-state index contributed by atoms with van der Waals surface area (Å²) < 4.78 is 5.07. The van der Waals surface area contributed by atoms with E-state index in [0.29, 0.717) is 6.04 Å². The van der Waals surface area contributed by atoms with Crippen molar-refractivity contribution in [1.29, 1.82) is 0 Å². The van der Waals surface area contributed by atoms with E-state index in [1.54, 1.807) is 7.11 Å². The molecule has 154 valence electrons. The molecular weight excluding hydrogens is 360 g/mol. The van der Waals surface area contributed by atoms with E-state index < -0.39 is 0 Å². The van der Waals surface area contributed by atoms with Crippen LogP contribution in [0.1, 0.15) is 48.2 Å². The molecule has 0 bridgehead atoms. The van der Waals surface area contributed by atoms with E-state index in [1.165, 1.54) is 0 Å². The fourth-order valence-electron chi connectivity index (χ4n) is 3.20. The number of piperidine rings is 1. The van der Waals surface area contributed by atoms with Crippen LogP contribution in [0, 0.1) is 11.8 Å². The predicted molar refractivity (Wildman–Crippen MR) is 119 cm³/mol. The number of carbonyl (C=O) groups excluding carboxylic acids is 1. The summed E-state index contributed by atoms with van der Waals surface area (Å²) in [6.07, 6.45) is 1.96. The van der Waals surface area contributed by atoms with Crippen molar-refractivity contribution in [2.45, 2.75) is 32.7 Å². The zero-order valence-corrected chi connectivity index (χ0v) is 17.8. The van der Waals surface area contributed by atoms with Gasteiger partial charge in [0.2, 0.25) is 0 Å². The normalized spacial score (nSPS) is 13.7. The highest BCUT2D eigenvalue weighted by atomic mass is 16.5. The summed E-state index contributed by atoms with van der Waals surface area (Å²) in [6, 6.07) is 18.0. The molecule has 0 aromatic heterocycles. The Balaban J connectivity index is 0.00000145. The second-order valence-corrected chi connectivity index (χ2v) is 6.71. The molecule has 29 heavy (non-hydrogen) atoms. The van der Waals surface area contributed by atoms with E-state index >= 15 is 0 Å². The van der Waals surface area contributed by atoms with Gasteiger partial charge >= 0.3 is 0 Å². The van der Waals surface area contributed by atoms with Crippen molar-refractivity contribution >= 4 is 5.91 Å². The van der Waals surface area contributed by atoms with Gasteiger partial charge in [0.15, 0.2) is 0 Å². The summed E-state index contributed by atoms with van der Waals surface area (Å²) in [7, 11) is 1.71. The van der Waals surface area contributed by atoms with Gasteiger partial charge in [0.25, 0.3) is 5.91 Å². The minimum atomic E-state index is 0.105. The number of ether oxygens (including phenoxy) is 1. The highest BCUT2D eigenvalue weighted by Crippen LogP contribution is 2.14. The van der Waals surface area contributed by atoms with Crippen LogP contribution in [0.5, 0.6) is 0 Å². The third-order valence-electron chi connectivity index (χ3n) is 4.78. The molecule has 2 aromatic carbocycles. The number of rotatable bonds is 5. The molecule has 1 saturated heterocycles. The summed E-state index contributed by atoms with van der Waals surface area (Å²) in [4.78, 5) is 14.7. The lowest BCUT2D eigenvalue weighted by Crippen LogP contribution is -2.45. The molecule has 1 aliphatic rings. The van der Waals surface area contributed by atoms with Crippen molar-refractivity contribution in [1.82, 2.24) is 10.2 Å². The van der Waals surface area contributed by atoms with Gasteiger partial charge in [0.05, 0.1) is 6.61 Å². The van der Waals surface area contributed by atoms with Crippen LogP contribution < -0.4 is 5.32 Å². The molecule has 0 radical (unpaired) electrons. The molecule has 0 unspecified atom stereocenters. The van der Waals surface area contributed by atoms with Crippen molar-refractivity contribution in [3.8, 4) is 11.8 Å². The predicted octanol–water partition coefficient (Wildman–Crippen LogP) is 3.95. The van der Waals surface area contributed by atoms with Gasteiger partial charge in [-0.2, -0.15) is 0 Å². The van der Waals surface area contributed by atoms with Crippen LogP contribution in [-0.2, 0) is 4.74 Å². The lowest BCUT2D eigenvalue weighted by Gasteiger charge is -2.32. The number of nitrogens with one attached hydrogen (secondary N) is 1. The fraction of sp³-hybridized carbons (Fsp3) is 0.400. The van der Waals surface area contributed by atoms with Gasteiger partial charge in [0, 0.05) is 49.5 Å². The first-order valence-corrected chi connectivity index (χ1v) is 10.4. The monoisotopic (exact) mass is 392 g/mol. The Labute approximate surface area is 175 Å². The minimum Gasteiger partial charge on any atom is -0.383 e. The van der Waals surface area contributed by atoms with Gasteiger partial charge in [-0.3, -0.25) is 4.79 Å². The summed E-state index contributed by atoms with van der Waals surface area (Å²) in [5, 5.41) is 3.48. The van der Waals surface area contributed by atoms with Crippen LogP contribution in [0.15, 0.2) is 54.6 Å². The van der Waals surface area contributed by atoms with Gasteiger partial charge in [-0.25, -0.2) is 0 Å². The second kappa shape index (κ2) is 12.8. The Morgan fingerprint density at radius 3 is 2.17 bits per heavy atom. The maximum Gasteiger partial charge on any atom is 0.253 e. The Hall–Kier alpha value is -2.61. The van der Waals surface area contributed by atoms with Crippen LogP contribution in [0.3, 0.4) is 0 Å². The van der Waals surface area contributed by atoms with E-state index in [1.807, 2.05) is 73.3 Å². The average molecular weight is 393 g/mol. The number of amides is 1. The zero-order valence-electron chi connectivity index (χ0n) is 17.8. The topological polar surface area (TPSA) is 41.6 Å². The maximum atomic E-state index is 12.7. The van der Waals surface area contributed by atoms with Crippen LogP contribution >= 0.6 is 0 Å². The first kappa shape index (κ1) is 22.7. The van der Waals surface area contributed by atoms with Gasteiger partial charge in [-0.05, 0) is 49.2 Å². The number of benzene rings is 2. The largest absolute Gasteiger partial charge is 0.383 e. The number of likely N-dealkylation sites (tertiary alicyclic amines) is 1. The highest BCUT2D eigenvalue weighted by molar-refractivity contribution is 5.94. The molecule has 1 N–H and O–H groups in total. The molecule has 1 fully saturated rings. The third kappa shape index (κ3) is 7.38. The summed E-state index contributed by atoms with van der Waals surface area (Å²) >= 11 is 0. The van der Waals surface area contributed by atoms with Gasteiger partial charge in [-0.15, -0.1) is 0 Å². The van der Waals surface area contributed by atoms with E-state index in [0.717, 1.165) is 55.8 Å². The van der Waals surface area contributed by atoms with Crippen LogP contribution in [-0.4, -0.2) is 50.2 Å². The molecule has 0 saturated carbocycles.